The van der Waals surface area contributed by atoms with Gasteiger partial charge in [-0.15, -0.1) is 0 Å². The van der Waals surface area contributed by atoms with Crippen LogP contribution in [0.15, 0.2) is 24.3 Å². The number of nitrogens with two attached hydrogens (primary N) is 1. The molecule has 1 fully saturated rings. The number of primary amides is 1. The number of alkyl halides is 3. The molecule has 1 aliphatic carbocycles. The molecule has 0 radical (unpaired) electrons. The Hall–Kier alpha value is -1.76. The van der Waals surface area contributed by atoms with Gasteiger partial charge in [-0.3, -0.25) is 10.1 Å². The van der Waals surface area contributed by atoms with Crippen LogP contribution in [0, 0.1) is 0 Å². The van der Waals surface area contributed by atoms with Gasteiger partial charge in [-0.25, -0.2) is 0 Å². The van der Waals surface area contributed by atoms with Crippen molar-refractivity contribution in [2.45, 2.75) is 31.1 Å². The molecule has 0 unspecified atom stereocenters. The summed E-state index contributed by atoms with van der Waals surface area (Å²) in [5.41, 5.74) is 3.93. The summed E-state index contributed by atoms with van der Waals surface area (Å²) in [5.74, 6) is -0.138. The van der Waals surface area contributed by atoms with Crippen LogP contribution in [0.5, 0.6) is 5.75 Å². The molecule has 2 rings (SSSR count). The molecule has 1 amide bonds. The first-order chi connectivity index (χ1) is 9.32. The summed E-state index contributed by atoms with van der Waals surface area (Å²) < 4.78 is 43.2. The maximum absolute atomic E-state index is 12.7. The summed E-state index contributed by atoms with van der Waals surface area (Å²) in [7, 11) is 0. The fraction of sp³-hybridized carbons (Fsp3) is 0.462. The second kappa shape index (κ2) is 5.32. The van der Waals surface area contributed by atoms with Crippen molar-refractivity contribution in [3.05, 3.63) is 29.8 Å². The fourth-order valence-electron chi connectivity index (χ4n) is 1.81. The van der Waals surface area contributed by atoms with Crippen molar-refractivity contribution >= 4 is 5.91 Å². The maximum Gasteiger partial charge on any atom is 0.406 e. The van der Waals surface area contributed by atoms with Crippen molar-refractivity contribution in [2.24, 2.45) is 5.73 Å². The number of ether oxygens (including phenoxy) is 1. The molecule has 0 spiro atoms. The van der Waals surface area contributed by atoms with Crippen LogP contribution in [0.25, 0.3) is 0 Å². The smallest absolute Gasteiger partial charge is 0.406 e. The molecule has 0 aliphatic heterocycles. The SMILES string of the molecule is NC(=O)COc1ccc(CNC2(C(F)(F)F)CC2)cc1. The summed E-state index contributed by atoms with van der Waals surface area (Å²) in [4.78, 5) is 10.5. The Morgan fingerprint density at radius 3 is 2.35 bits per heavy atom. The fourth-order valence-corrected chi connectivity index (χ4v) is 1.81. The Labute approximate surface area is 114 Å². The van der Waals surface area contributed by atoms with Gasteiger partial charge in [0, 0.05) is 6.54 Å². The van der Waals surface area contributed by atoms with Gasteiger partial charge in [-0.2, -0.15) is 13.2 Å². The highest BCUT2D eigenvalue weighted by Gasteiger charge is 2.62. The zero-order valence-electron chi connectivity index (χ0n) is 10.7. The van der Waals surface area contributed by atoms with Gasteiger partial charge in [-0.1, -0.05) is 12.1 Å². The highest BCUT2D eigenvalue weighted by Crippen LogP contribution is 2.49. The van der Waals surface area contributed by atoms with Crippen molar-refractivity contribution < 1.29 is 22.7 Å². The van der Waals surface area contributed by atoms with Gasteiger partial charge < -0.3 is 10.5 Å². The van der Waals surface area contributed by atoms with Crippen LogP contribution in [0.3, 0.4) is 0 Å². The van der Waals surface area contributed by atoms with Crippen molar-refractivity contribution in [1.29, 1.82) is 0 Å². The molecule has 1 aromatic rings. The van der Waals surface area contributed by atoms with E-state index < -0.39 is 17.6 Å². The third kappa shape index (κ3) is 3.41. The van der Waals surface area contributed by atoms with Gasteiger partial charge in [0.15, 0.2) is 6.61 Å². The number of halogens is 3. The standard InChI is InChI=1S/C13H15F3N2O2/c14-13(15,16)12(5-6-12)18-7-9-1-3-10(4-2-9)20-8-11(17)19/h1-4,18H,5-8H2,(H2,17,19). The second-order valence-corrected chi connectivity index (χ2v) is 4.83. The Morgan fingerprint density at radius 1 is 1.30 bits per heavy atom. The third-order valence-corrected chi connectivity index (χ3v) is 3.23. The van der Waals surface area contributed by atoms with Crippen molar-refractivity contribution in [3.63, 3.8) is 0 Å². The lowest BCUT2D eigenvalue weighted by Crippen LogP contribution is -2.44. The van der Waals surface area contributed by atoms with E-state index in [-0.39, 0.29) is 26.0 Å². The predicted octanol–water partition coefficient (Wildman–Crippen LogP) is 1.74. The molecule has 1 aromatic carbocycles. The van der Waals surface area contributed by atoms with Crippen LogP contribution in [0.4, 0.5) is 13.2 Å². The lowest BCUT2D eigenvalue weighted by atomic mass is 10.2. The molecule has 20 heavy (non-hydrogen) atoms. The zero-order chi connectivity index (χ0) is 14.8. The second-order valence-electron chi connectivity index (χ2n) is 4.83. The molecule has 0 atom stereocenters. The minimum absolute atomic E-state index is 0.121. The van der Waals surface area contributed by atoms with Gasteiger partial charge in [-0.05, 0) is 30.5 Å². The molecule has 0 heterocycles. The molecule has 1 aliphatic rings. The monoisotopic (exact) mass is 288 g/mol. The normalized spacial score (nSPS) is 16.8. The van der Waals surface area contributed by atoms with Crippen LogP contribution in [0.1, 0.15) is 18.4 Å². The van der Waals surface area contributed by atoms with Gasteiger partial charge in [0.25, 0.3) is 5.91 Å². The van der Waals surface area contributed by atoms with Gasteiger partial charge in [0.2, 0.25) is 0 Å². The Bertz CT molecular complexity index is 481. The molecular formula is C13H15F3N2O2. The molecule has 1 saturated carbocycles. The number of amides is 1. The lowest BCUT2D eigenvalue weighted by Gasteiger charge is -2.20. The van der Waals surface area contributed by atoms with Gasteiger partial charge in [0.05, 0.1) is 0 Å². The van der Waals surface area contributed by atoms with Crippen LogP contribution in [0.2, 0.25) is 0 Å². The third-order valence-electron chi connectivity index (χ3n) is 3.23. The molecule has 3 N–H and O–H groups in total. The van der Waals surface area contributed by atoms with E-state index in [1.165, 1.54) is 0 Å². The minimum atomic E-state index is -4.21. The first-order valence-electron chi connectivity index (χ1n) is 6.14. The van der Waals surface area contributed by atoms with Crippen molar-refractivity contribution in [3.8, 4) is 5.75 Å². The summed E-state index contributed by atoms with van der Waals surface area (Å²) in [5, 5.41) is 2.56. The first kappa shape index (κ1) is 14.6. The van der Waals surface area contributed by atoms with Gasteiger partial charge in [0.1, 0.15) is 11.3 Å². The number of carbonyl (C=O) groups excluding carboxylic acids is 1. The largest absolute Gasteiger partial charge is 0.484 e. The molecule has 4 nitrogen and oxygen atoms in total. The zero-order valence-corrected chi connectivity index (χ0v) is 10.7. The highest BCUT2D eigenvalue weighted by atomic mass is 19.4. The number of benzene rings is 1. The van der Waals surface area contributed by atoms with E-state index in [0.29, 0.717) is 11.3 Å². The summed E-state index contributed by atoms with van der Waals surface area (Å²) >= 11 is 0. The van der Waals surface area contributed by atoms with E-state index in [1.54, 1.807) is 24.3 Å². The molecule has 110 valence electrons. The quantitative estimate of drug-likeness (QED) is 0.838. The van der Waals surface area contributed by atoms with Crippen molar-refractivity contribution in [2.75, 3.05) is 6.61 Å². The predicted molar refractivity (Wildman–Crippen MR) is 66.0 cm³/mol. The summed E-state index contributed by atoms with van der Waals surface area (Å²) in [6.45, 7) is -0.0929. The highest BCUT2D eigenvalue weighted by molar-refractivity contribution is 5.75. The maximum atomic E-state index is 12.7. The number of hydrogen-bond acceptors (Lipinski definition) is 3. The Balaban J connectivity index is 1.87. The topological polar surface area (TPSA) is 64.4 Å². The van der Waals surface area contributed by atoms with Crippen LogP contribution in [-0.4, -0.2) is 24.2 Å². The number of hydrogen-bond donors (Lipinski definition) is 2. The van der Waals surface area contributed by atoms with Crippen LogP contribution < -0.4 is 15.8 Å². The van der Waals surface area contributed by atoms with Gasteiger partial charge >= 0.3 is 6.18 Å². The molecule has 0 saturated heterocycles. The van der Waals surface area contributed by atoms with E-state index in [4.69, 9.17) is 10.5 Å². The Kier molecular flexibility index (Phi) is 3.89. The van der Waals surface area contributed by atoms with E-state index in [0.717, 1.165) is 0 Å². The number of rotatable bonds is 6. The van der Waals surface area contributed by atoms with Crippen LogP contribution >= 0.6 is 0 Å². The molecule has 0 bridgehead atoms. The van der Waals surface area contributed by atoms with E-state index in [2.05, 4.69) is 5.32 Å². The van der Waals surface area contributed by atoms with E-state index in [1.807, 2.05) is 0 Å². The van der Waals surface area contributed by atoms with E-state index >= 15 is 0 Å². The molecular weight excluding hydrogens is 273 g/mol. The summed E-state index contributed by atoms with van der Waals surface area (Å²) in [6.07, 6.45) is -3.97. The average Bonchev–Trinajstić information content (AvgIpc) is 3.15. The van der Waals surface area contributed by atoms with Crippen molar-refractivity contribution in [1.82, 2.24) is 5.32 Å². The minimum Gasteiger partial charge on any atom is -0.484 e. The average molecular weight is 288 g/mol. The lowest BCUT2D eigenvalue weighted by molar-refractivity contribution is -0.166. The van der Waals surface area contributed by atoms with E-state index in [9.17, 15) is 18.0 Å². The first-order valence-corrected chi connectivity index (χ1v) is 6.14. The molecule has 7 heteroatoms. The number of carbonyl (C=O) groups is 1. The number of nitrogens with one attached hydrogen (secondary N) is 1. The Morgan fingerprint density at radius 2 is 1.90 bits per heavy atom. The molecule has 0 aromatic heterocycles. The van der Waals surface area contributed by atoms with Crippen LogP contribution in [-0.2, 0) is 11.3 Å². The summed E-state index contributed by atoms with van der Waals surface area (Å²) in [6, 6.07) is 6.48.